The van der Waals surface area contributed by atoms with Crippen molar-refractivity contribution in [3.05, 3.63) is 68.4 Å². The Labute approximate surface area is 155 Å². The normalized spacial score (nSPS) is 12.4. The Morgan fingerprint density at radius 3 is 3.04 bits per heavy atom. The van der Waals surface area contributed by atoms with E-state index < -0.39 is 0 Å². The number of aromatic amines is 1. The Hall–Kier alpha value is -2.94. The van der Waals surface area contributed by atoms with Gasteiger partial charge in [0.2, 0.25) is 0 Å². The third-order valence-corrected chi connectivity index (χ3v) is 4.95. The second kappa shape index (κ2) is 5.53. The molecule has 0 fully saturated rings. The van der Waals surface area contributed by atoms with Crippen LogP contribution in [0.3, 0.4) is 0 Å². The van der Waals surface area contributed by atoms with Gasteiger partial charge in [-0.15, -0.1) is 0 Å². The topological polar surface area (TPSA) is 94.5 Å². The quantitative estimate of drug-likeness (QED) is 0.480. The van der Waals surface area contributed by atoms with Crippen molar-refractivity contribution in [3.63, 3.8) is 0 Å². The number of hydrogen-bond donors (Lipinski definition) is 1. The number of benzene rings is 1. The molecule has 5 rings (SSSR count). The first-order valence-corrected chi connectivity index (χ1v) is 8.82. The highest BCUT2D eigenvalue weighted by Crippen LogP contribution is 2.33. The van der Waals surface area contributed by atoms with Crippen LogP contribution in [0, 0.1) is 6.92 Å². The molecule has 26 heavy (non-hydrogen) atoms. The molecule has 8 nitrogen and oxygen atoms in total. The third-order valence-electron chi connectivity index (χ3n) is 4.46. The zero-order valence-electron chi connectivity index (χ0n) is 13.7. The molecule has 0 saturated heterocycles. The number of imidazole rings is 1. The van der Waals surface area contributed by atoms with Gasteiger partial charge in [0.05, 0.1) is 36.4 Å². The van der Waals surface area contributed by atoms with Crippen LogP contribution in [0.2, 0.25) is 0 Å². The first kappa shape index (κ1) is 15.3. The lowest BCUT2D eigenvalue weighted by atomic mass is 10.1. The second-order valence-electron chi connectivity index (χ2n) is 6.17. The van der Waals surface area contributed by atoms with E-state index in [0.29, 0.717) is 24.6 Å². The number of hydrogen-bond acceptors (Lipinski definition) is 5. The fourth-order valence-corrected chi connectivity index (χ4v) is 3.60. The SMILES string of the molecule is Cc1ncn2c1Cn1nc(Cc3cc(=O)[nH]o3)nc1-c1cc(Br)ccc1-2. The molecule has 130 valence electrons. The number of H-pyrrole nitrogens is 1. The van der Waals surface area contributed by atoms with Crippen LogP contribution in [-0.4, -0.2) is 29.5 Å². The molecule has 0 aliphatic carbocycles. The molecule has 9 heteroatoms. The minimum atomic E-state index is -0.269. The molecule has 3 aromatic heterocycles. The van der Waals surface area contributed by atoms with E-state index in [1.165, 1.54) is 6.07 Å². The third kappa shape index (κ3) is 2.35. The van der Waals surface area contributed by atoms with Crippen molar-refractivity contribution in [1.29, 1.82) is 0 Å². The minimum absolute atomic E-state index is 0.269. The zero-order valence-corrected chi connectivity index (χ0v) is 15.3. The van der Waals surface area contributed by atoms with Crippen LogP contribution in [0.4, 0.5) is 0 Å². The number of nitrogens with zero attached hydrogens (tertiary/aromatic N) is 5. The Morgan fingerprint density at radius 1 is 1.35 bits per heavy atom. The Kier molecular flexibility index (Phi) is 3.26. The summed E-state index contributed by atoms with van der Waals surface area (Å²) >= 11 is 3.54. The average Bonchev–Trinajstić information content (AvgIpc) is 3.28. The molecule has 0 unspecified atom stereocenters. The molecule has 1 aromatic carbocycles. The van der Waals surface area contributed by atoms with Crippen molar-refractivity contribution in [1.82, 2.24) is 29.5 Å². The zero-order chi connectivity index (χ0) is 17.8. The highest BCUT2D eigenvalue weighted by atomic mass is 79.9. The summed E-state index contributed by atoms with van der Waals surface area (Å²) in [6, 6.07) is 7.48. The van der Waals surface area contributed by atoms with Crippen molar-refractivity contribution in [2.75, 3.05) is 0 Å². The number of rotatable bonds is 2. The molecule has 1 aliphatic rings. The summed E-state index contributed by atoms with van der Waals surface area (Å²) < 4.78 is 10.0. The van der Waals surface area contributed by atoms with Crippen LogP contribution < -0.4 is 5.56 Å². The lowest BCUT2D eigenvalue weighted by molar-refractivity contribution is 0.383. The van der Waals surface area contributed by atoms with Gasteiger partial charge in [-0.05, 0) is 25.1 Å². The maximum Gasteiger partial charge on any atom is 0.280 e. The summed E-state index contributed by atoms with van der Waals surface area (Å²) in [6.45, 7) is 2.55. The standard InChI is InChI=1S/C17H13BrN6O2/c1-9-14-7-24-17(20-15(21-24)5-11-6-16(25)22-26-11)12-4-10(18)2-3-13(12)23(14)8-19-9/h2-4,6,8H,5,7H2,1H3,(H,22,25). The van der Waals surface area contributed by atoms with Gasteiger partial charge in [0.25, 0.3) is 5.56 Å². The maximum atomic E-state index is 11.3. The number of halogens is 1. The minimum Gasteiger partial charge on any atom is -0.383 e. The van der Waals surface area contributed by atoms with Crippen molar-refractivity contribution in [2.45, 2.75) is 19.9 Å². The molecule has 4 aromatic rings. The molecule has 0 spiro atoms. The molecule has 0 atom stereocenters. The average molecular weight is 413 g/mol. The van der Waals surface area contributed by atoms with Gasteiger partial charge in [0.15, 0.2) is 11.6 Å². The van der Waals surface area contributed by atoms with E-state index in [9.17, 15) is 4.79 Å². The van der Waals surface area contributed by atoms with Gasteiger partial charge in [-0.2, -0.15) is 10.3 Å². The van der Waals surface area contributed by atoms with Crippen LogP contribution in [0.1, 0.15) is 23.0 Å². The van der Waals surface area contributed by atoms with Crippen molar-refractivity contribution in [2.24, 2.45) is 0 Å². The summed E-state index contributed by atoms with van der Waals surface area (Å²) in [5.41, 5.74) is 3.73. The molecule has 0 amide bonds. The highest BCUT2D eigenvalue weighted by molar-refractivity contribution is 9.10. The van der Waals surface area contributed by atoms with Gasteiger partial charge >= 0.3 is 0 Å². The van der Waals surface area contributed by atoms with Gasteiger partial charge in [-0.3, -0.25) is 4.79 Å². The van der Waals surface area contributed by atoms with Crippen LogP contribution in [0.5, 0.6) is 0 Å². The van der Waals surface area contributed by atoms with Gasteiger partial charge < -0.3 is 9.09 Å². The summed E-state index contributed by atoms with van der Waals surface area (Å²) in [5.74, 6) is 1.88. The molecule has 0 saturated carbocycles. The number of fused-ring (bicyclic) bond motifs is 5. The highest BCUT2D eigenvalue weighted by Gasteiger charge is 2.24. The Balaban J connectivity index is 1.68. The van der Waals surface area contributed by atoms with Crippen LogP contribution in [-0.2, 0) is 13.0 Å². The van der Waals surface area contributed by atoms with E-state index in [0.717, 1.165) is 32.9 Å². The predicted molar refractivity (Wildman–Crippen MR) is 96.3 cm³/mol. The van der Waals surface area contributed by atoms with Gasteiger partial charge in [-0.25, -0.2) is 14.6 Å². The van der Waals surface area contributed by atoms with E-state index in [4.69, 9.17) is 9.51 Å². The largest absolute Gasteiger partial charge is 0.383 e. The van der Waals surface area contributed by atoms with Crippen molar-refractivity contribution < 1.29 is 4.52 Å². The smallest absolute Gasteiger partial charge is 0.280 e. The van der Waals surface area contributed by atoms with Crippen molar-refractivity contribution in [3.8, 4) is 17.1 Å². The second-order valence-corrected chi connectivity index (χ2v) is 7.09. The van der Waals surface area contributed by atoms with Crippen LogP contribution >= 0.6 is 15.9 Å². The van der Waals surface area contributed by atoms with E-state index in [-0.39, 0.29) is 5.56 Å². The molecule has 0 bridgehead atoms. The fraction of sp³-hybridized carbons (Fsp3) is 0.176. The summed E-state index contributed by atoms with van der Waals surface area (Å²) in [7, 11) is 0. The van der Waals surface area contributed by atoms with Crippen LogP contribution in [0.15, 0.2) is 44.4 Å². The molecule has 1 N–H and O–H groups in total. The fourth-order valence-electron chi connectivity index (χ4n) is 3.24. The van der Waals surface area contributed by atoms with Crippen molar-refractivity contribution >= 4 is 15.9 Å². The van der Waals surface area contributed by atoms with Crippen LogP contribution in [0.25, 0.3) is 17.1 Å². The predicted octanol–water partition coefficient (Wildman–Crippen LogP) is 2.44. The maximum absolute atomic E-state index is 11.3. The van der Waals surface area contributed by atoms with E-state index in [2.05, 4.69) is 35.7 Å². The lowest BCUT2D eigenvalue weighted by Gasteiger charge is -2.08. The summed E-state index contributed by atoms with van der Waals surface area (Å²) in [6.07, 6.45) is 2.18. The molecule has 1 aliphatic heterocycles. The number of nitrogens with one attached hydrogen (secondary N) is 1. The van der Waals surface area contributed by atoms with Gasteiger partial charge in [0, 0.05) is 16.1 Å². The first-order chi connectivity index (χ1) is 12.6. The Morgan fingerprint density at radius 2 is 2.23 bits per heavy atom. The monoisotopic (exact) mass is 412 g/mol. The van der Waals surface area contributed by atoms with Gasteiger partial charge in [0.1, 0.15) is 5.76 Å². The van der Waals surface area contributed by atoms with Gasteiger partial charge in [-0.1, -0.05) is 15.9 Å². The summed E-state index contributed by atoms with van der Waals surface area (Å²) in [5, 5.41) is 6.93. The summed E-state index contributed by atoms with van der Waals surface area (Å²) in [4.78, 5) is 20.4. The molecular weight excluding hydrogens is 400 g/mol. The first-order valence-electron chi connectivity index (χ1n) is 8.03. The Bertz CT molecular complexity index is 1200. The molecule has 0 radical (unpaired) electrons. The molecule has 4 heterocycles. The van der Waals surface area contributed by atoms with E-state index in [1.54, 1.807) is 0 Å². The van der Waals surface area contributed by atoms with E-state index >= 15 is 0 Å². The van der Waals surface area contributed by atoms with E-state index in [1.807, 2.05) is 36.1 Å². The number of aryl methyl sites for hydroxylation is 1. The lowest BCUT2D eigenvalue weighted by Crippen LogP contribution is -2.06. The number of aromatic nitrogens is 6. The molecular formula is C17H13BrN6O2.